The second-order valence-corrected chi connectivity index (χ2v) is 7.39. The molecule has 0 saturated carbocycles. The van der Waals surface area contributed by atoms with E-state index in [0.717, 1.165) is 10.5 Å². The van der Waals surface area contributed by atoms with Crippen molar-refractivity contribution in [3.63, 3.8) is 0 Å². The number of nitrogens with one attached hydrogen (secondary N) is 1. The van der Waals surface area contributed by atoms with Crippen LogP contribution in [0.15, 0.2) is 78.4 Å². The molecule has 0 unspecified atom stereocenters. The Morgan fingerprint density at radius 2 is 1.68 bits per heavy atom. The van der Waals surface area contributed by atoms with Gasteiger partial charge in [0.1, 0.15) is 17.9 Å². The zero-order chi connectivity index (χ0) is 24.1. The van der Waals surface area contributed by atoms with Gasteiger partial charge in [-0.2, -0.15) is 0 Å². The third-order valence-corrected chi connectivity index (χ3v) is 5.04. The molecule has 172 valence electrons. The molecule has 4 rings (SSSR count). The van der Waals surface area contributed by atoms with Crippen molar-refractivity contribution in [3.8, 4) is 17.2 Å². The highest BCUT2D eigenvalue weighted by atomic mass is 16.5. The number of phenols is 1. The number of hydrogen-bond acceptors (Lipinski definition) is 6. The number of phenolic OH excluding ortho intramolecular Hbond substituents is 1. The molecule has 2 N–H and O–H groups in total. The molecule has 8 nitrogen and oxygen atoms in total. The predicted octanol–water partition coefficient (Wildman–Crippen LogP) is 4.04. The van der Waals surface area contributed by atoms with Gasteiger partial charge >= 0.3 is 6.03 Å². The zero-order valence-electron chi connectivity index (χ0n) is 18.4. The minimum absolute atomic E-state index is 0.0604. The van der Waals surface area contributed by atoms with Gasteiger partial charge in [0.05, 0.1) is 12.3 Å². The lowest BCUT2D eigenvalue weighted by Crippen LogP contribution is -2.54. The number of amides is 4. The Kier molecular flexibility index (Phi) is 6.59. The van der Waals surface area contributed by atoms with Crippen LogP contribution in [0.4, 0.5) is 10.5 Å². The topological polar surface area (TPSA) is 105 Å². The molecule has 0 aromatic heterocycles. The van der Waals surface area contributed by atoms with Gasteiger partial charge < -0.3 is 14.6 Å². The van der Waals surface area contributed by atoms with Crippen molar-refractivity contribution >= 4 is 29.6 Å². The summed E-state index contributed by atoms with van der Waals surface area (Å²) in [4.78, 5) is 38.8. The fraction of sp³-hybridized carbons (Fsp3) is 0.115. The molecule has 0 aliphatic carbocycles. The van der Waals surface area contributed by atoms with E-state index in [-0.39, 0.29) is 22.8 Å². The summed E-state index contributed by atoms with van der Waals surface area (Å²) in [5.41, 5.74) is 1.52. The third-order valence-electron chi connectivity index (χ3n) is 5.04. The lowest BCUT2D eigenvalue weighted by Gasteiger charge is -2.26. The number of carbonyl (C=O) groups is 3. The number of carbonyl (C=O) groups excluding carboxylic acids is 3. The van der Waals surface area contributed by atoms with E-state index in [1.807, 2.05) is 30.3 Å². The van der Waals surface area contributed by atoms with Gasteiger partial charge in [0, 0.05) is 0 Å². The SMILES string of the molecule is CCOc1cc(/C=C2/C(=O)NC(=O)N(c3ccc(OCc4ccccc4)cc3)C2=O)ccc1O. The van der Waals surface area contributed by atoms with Gasteiger partial charge in [-0.05, 0) is 60.5 Å². The zero-order valence-corrected chi connectivity index (χ0v) is 18.4. The highest BCUT2D eigenvalue weighted by Crippen LogP contribution is 2.29. The minimum Gasteiger partial charge on any atom is -0.504 e. The average molecular weight is 458 g/mol. The van der Waals surface area contributed by atoms with Crippen LogP contribution < -0.4 is 19.7 Å². The van der Waals surface area contributed by atoms with Gasteiger partial charge in [-0.1, -0.05) is 36.4 Å². The Bertz CT molecular complexity index is 1250. The van der Waals surface area contributed by atoms with E-state index in [0.29, 0.717) is 24.5 Å². The lowest BCUT2D eigenvalue weighted by molar-refractivity contribution is -0.122. The highest BCUT2D eigenvalue weighted by molar-refractivity contribution is 6.39. The Balaban J connectivity index is 1.55. The number of barbiturate groups is 1. The predicted molar refractivity (Wildman–Crippen MR) is 125 cm³/mol. The van der Waals surface area contributed by atoms with Crippen LogP contribution in [-0.4, -0.2) is 29.6 Å². The van der Waals surface area contributed by atoms with Crippen LogP contribution in [0.3, 0.4) is 0 Å². The fourth-order valence-electron chi connectivity index (χ4n) is 3.38. The Morgan fingerprint density at radius 3 is 2.38 bits per heavy atom. The molecule has 1 fully saturated rings. The number of nitrogens with zero attached hydrogens (tertiary/aromatic N) is 1. The Labute approximate surface area is 196 Å². The molecule has 0 radical (unpaired) electrons. The van der Waals surface area contributed by atoms with Gasteiger partial charge in [0.15, 0.2) is 11.5 Å². The largest absolute Gasteiger partial charge is 0.504 e. The second-order valence-electron chi connectivity index (χ2n) is 7.39. The first kappa shape index (κ1) is 22.6. The molecule has 1 heterocycles. The van der Waals surface area contributed by atoms with E-state index in [4.69, 9.17) is 9.47 Å². The summed E-state index contributed by atoms with van der Waals surface area (Å²) < 4.78 is 11.1. The molecular weight excluding hydrogens is 436 g/mol. The molecule has 0 spiro atoms. The summed E-state index contributed by atoms with van der Waals surface area (Å²) in [5.74, 6) is -0.843. The van der Waals surface area contributed by atoms with Crippen molar-refractivity contribution in [3.05, 3.63) is 89.5 Å². The van der Waals surface area contributed by atoms with Crippen molar-refractivity contribution in [2.24, 2.45) is 0 Å². The molecule has 1 saturated heterocycles. The Morgan fingerprint density at radius 1 is 0.941 bits per heavy atom. The van der Waals surface area contributed by atoms with Crippen LogP contribution in [0.25, 0.3) is 6.08 Å². The lowest BCUT2D eigenvalue weighted by atomic mass is 10.1. The Hall–Kier alpha value is -4.59. The quantitative estimate of drug-likeness (QED) is 0.409. The molecule has 0 bridgehead atoms. The molecule has 4 amide bonds. The number of anilines is 1. The van der Waals surface area contributed by atoms with Crippen LogP contribution in [0.1, 0.15) is 18.1 Å². The van der Waals surface area contributed by atoms with Gasteiger partial charge in [-0.15, -0.1) is 0 Å². The average Bonchev–Trinajstić information content (AvgIpc) is 2.84. The number of ether oxygens (including phenoxy) is 2. The van der Waals surface area contributed by atoms with E-state index in [1.54, 1.807) is 31.2 Å². The van der Waals surface area contributed by atoms with E-state index in [1.165, 1.54) is 24.3 Å². The van der Waals surface area contributed by atoms with Crippen molar-refractivity contribution in [1.82, 2.24) is 5.32 Å². The summed E-state index contributed by atoms with van der Waals surface area (Å²) in [6, 6.07) is 19.7. The van der Waals surface area contributed by atoms with Gasteiger partial charge in [-0.25, -0.2) is 9.69 Å². The molecular formula is C26H22N2O6. The van der Waals surface area contributed by atoms with Crippen LogP contribution in [0.5, 0.6) is 17.2 Å². The number of benzene rings is 3. The second kappa shape index (κ2) is 9.91. The molecule has 1 aliphatic heterocycles. The fourth-order valence-corrected chi connectivity index (χ4v) is 3.38. The van der Waals surface area contributed by atoms with Gasteiger partial charge in [0.2, 0.25) is 0 Å². The maximum absolute atomic E-state index is 13.1. The van der Waals surface area contributed by atoms with Crippen molar-refractivity contribution in [2.75, 3.05) is 11.5 Å². The summed E-state index contributed by atoms with van der Waals surface area (Å²) in [5, 5.41) is 12.1. The van der Waals surface area contributed by atoms with Crippen LogP contribution in [0.2, 0.25) is 0 Å². The molecule has 3 aromatic rings. The van der Waals surface area contributed by atoms with Gasteiger partial charge in [-0.3, -0.25) is 14.9 Å². The maximum Gasteiger partial charge on any atom is 0.335 e. The summed E-state index contributed by atoms with van der Waals surface area (Å²) in [7, 11) is 0. The molecule has 1 aliphatic rings. The van der Waals surface area contributed by atoms with E-state index >= 15 is 0 Å². The van der Waals surface area contributed by atoms with Crippen LogP contribution in [-0.2, 0) is 16.2 Å². The van der Waals surface area contributed by atoms with Crippen molar-refractivity contribution in [1.29, 1.82) is 0 Å². The van der Waals surface area contributed by atoms with E-state index in [9.17, 15) is 19.5 Å². The summed E-state index contributed by atoms with van der Waals surface area (Å²) in [6.45, 7) is 2.48. The number of imide groups is 2. The summed E-state index contributed by atoms with van der Waals surface area (Å²) in [6.07, 6.45) is 1.34. The first-order valence-electron chi connectivity index (χ1n) is 10.6. The normalized spacial score (nSPS) is 14.8. The number of hydrogen-bond donors (Lipinski definition) is 2. The number of aromatic hydroxyl groups is 1. The maximum atomic E-state index is 13.1. The molecule has 3 aromatic carbocycles. The number of rotatable bonds is 7. The van der Waals surface area contributed by atoms with Crippen LogP contribution in [0, 0.1) is 0 Å². The van der Waals surface area contributed by atoms with Crippen molar-refractivity contribution < 1.29 is 29.0 Å². The minimum atomic E-state index is -0.842. The third kappa shape index (κ3) is 4.91. The van der Waals surface area contributed by atoms with E-state index < -0.39 is 17.8 Å². The smallest absolute Gasteiger partial charge is 0.335 e. The summed E-state index contributed by atoms with van der Waals surface area (Å²) >= 11 is 0. The first-order chi connectivity index (χ1) is 16.5. The monoisotopic (exact) mass is 458 g/mol. The highest BCUT2D eigenvalue weighted by Gasteiger charge is 2.36. The molecule has 34 heavy (non-hydrogen) atoms. The van der Waals surface area contributed by atoms with Gasteiger partial charge in [0.25, 0.3) is 11.8 Å². The van der Waals surface area contributed by atoms with Crippen molar-refractivity contribution in [2.45, 2.75) is 13.5 Å². The van der Waals surface area contributed by atoms with E-state index in [2.05, 4.69) is 5.32 Å². The number of urea groups is 1. The molecule has 0 atom stereocenters. The first-order valence-corrected chi connectivity index (χ1v) is 10.6. The van der Waals surface area contributed by atoms with Crippen LogP contribution >= 0.6 is 0 Å². The standard InChI is InChI=1S/C26H22N2O6/c1-2-33-23-15-18(8-13-22(23)29)14-21-24(30)27-26(32)28(25(21)31)19-9-11-20(12-10-19)34-16-17-6-4-3-5-7-17/h3-15,29H,2,16H2,1H3,(H,27,30,32)/b21-14-. The molecule has 8 heteroatoms.